The van der Waals surface area contributed by atoms with Gasteiger partial charge >= 0.3 is 12.0 Å². The molecule has 2 rings (SSSR count). The summed E-state index contributed by atoms with van der Waals surface area (Å²) in [6, 6.07) is 8.79. The van der Waals surface area contributed by atoms with Crippen molar-refractivity contribution in [3.63, 3.8) is 0 Å². The number of Topliss-reactive ketones (excluding diaryl/α,β-unsaturated/α-hetero) is 1. The molecule has 6 heteroatoms. The summed E-state index contributed by atoms with van der Waals surface area (Å²) in [5.74, 6) is -2.86. The summed E-state index contributed by atoms with van der Waals surface area (Å²) < 4.78 is 4.79. The van der Waals surface area contributed by atoms with Crippen LogP contribution >= 0.6 is 0 Å². The average Bonchev–Trinajstić information content (AvgIpc) is 2.62. The Morgan fingerprint density at radius 3 is 2.39 bits per heavy atom. The highest BCUT2D eigenvalue weighted by molar-refractivity contribution is 6.49. The molecule has 1 aromatic carbocycles. The van der Waals surface area contributed by atoms with Crippen molar-refractivity contribution in [2.45, 2.75) is 13.0 Å². The first-order valence-corrected chi connectivity index (χ1v) is 5.20. The number of rotatable bonds is 2. The van der Waals surface area contributed by atoms with Gasteiger partial charge in [0.1, 0.15) is 6.61 Å². The van der Waals surface area contributed by atoms with E-state index in [1.54, 1.807) is 30.3 Å². The molecule has 1 aliphatic heterocycles. The number of likely N-dealkylation sites (tertiary alicyclic amines) is 1. The average molecular weight is 247 g/mol. The molecule has 0 spiro atoms. The molecule has 1 fully saturated rings. The van der Waals surface area contributed by atoms with Crippen LogP contribution in [0.2, 0.25) is 0 Å². The molecule has 3 amide bonds. The Balaban J connectivity index is 1.99. The van der Waals surface area contributed by atoms with Crippen molar-refractivity contribution in [2.75, 3.05) is 0 Å². The fourth-order valence-electron chi connectivity index (χ4n) is 1.50. The van der Waals surface area contributed by atoms with Crippen LogP contribution in [-0.2, 0) is 25.7 Å². The van der Waals surface area contributed by atoms with Gasteiger partial charge < -0.3 is 4.74 Å². The summed E-state index contributed by atoms with van der Waals surface area (Å²) in [5, 5.41) is 0. The zero-order valence-electron chi connectivity index (χ0n) is 9.29. The monoisotopic (exact) mass is 247 g/mol. The Labute approximate surface area is 102 Å². The van der Waals surface area contributed by atoms with Crippen molar-refractivity contribution in [1.29, 1.82) is 0 Å². The number of ketones is 1. The Morgan fingerprint density at radius 2 is 1.83 bits per heavy atom. The number of carbonyl (C=O) groups excluding carboxylic acids is 4. The second-order valence-corrected chi connectivity index (χ2v) is 3.67. The molecular weight excluding hydrogens is 238 g/mol. The van der Waals surface area contributed by atoms with Crippen molar-refractivity contribution >= 4 is 23.7 Å². The smallest absolute Gasteiger partial charge is 0.424 e. The van der Waals surface area contributed by atoms with Crippen molar-refractivity contribution in [2.24, 2.45) is 0 Å². The molecule has 1 saturated heterocycles. The lowest BCUT2D eigenvalue weighted by Gasteiger charge is -2.11. The molecule has 18 heavy (non-hydrogen) atoms. The van der Waals surface area contributed by atoms with E-state index in [1.807, 2.05) is 0 Å². The third-order valence-corrected chi connectivity index (χ3v) is 2.39. The van der Waals surface area contributed by atoms with Gasteiger partial charge in [0, 0.05) is 0 Å². The zero-order valence-corrected chi connectivity index (χ0v) is 9.29. The van der Waals surface area contributed by atoms with Crippen molar-refractivity contribution in [3.05, 3.63) is 35.9 Å². The number of benzene rings is 1. The van der Waals surface area contributed by atoms with E-state index >= 15 is 0 Å². The van der Waals surface area contributed by atoms with E-state index in [2.05, 4.69) is 0 Å². The first-order chi connectivity index (χ1) is 8.59. The van der Waals surface area contributed by atoms with E-state index in [0.717, 1.165) is 5.56 Å². The van der Waals surface area contributed by atoms with Gasteiger partial charge in [-0.1, -0.05) is 30.3 Å². The summed E-state index contributed by atoms with van der Waals surface area (Å²) >= 11 is 0. The maximum absolute atomic E-state index is 11.5. The van der Waals surface area contributed by atoms with Crippen LogP contribution < -0.4 is 0 Å². The molecule has 0 N–H and O–H groups in total. The van der Waals surface area contributed by atoms with Gasteiger partial charge in [-0.2, -0.15) is 4.90 Å². The molecule has 0 bridgehead atoms. The fourth-order valence-corrected chi connectivity index (χ4v) is 1.50. The Hall–Kier alpha value is -2.50. The lowest BCUT2D eigenvalue weighted by molar-refractivity contribution is -0.141. The topological polar surface area (TPSA) is 80.8 Å². The highest BCUT2D eigenvalue weighted by Gasteiger charge is 2.42. The van der Waals surface area contributed by atoms with E-state index in [-0.39, 0.29) is 11.5 Å². The minimum absolute atomic E-state index is 0.0646. The molecular formula is C12H9NO5. The molecule has 6 nitrogen and oxygen atoms in total. The van der Waals surface area contributed by atoms with Gasteiger partial charge in [0.05, 0.1) is 6.42 Å². The van der Waals surface area contributed by atoms with Crippen molar-refractivity contribution < 1.29 is 23.9 Å². The van der Waals surface area contributed by atoms with Crippen molar-refractivity contribution in [1.82, 2.24) is 4.90 Å². The van der Waals surface area contributed by atoms with Crippen LogP contribution in [0.5, 0.6) is 0 Å². The van der Waals surface area contributed by atoms with Gasteiger partial charge in [0.2, 0.25) is 11.7 Å². The Morgan fingerprint density at radius 1 is 1.17 bits per heavy atom. The second-order valence-electron chi connectivity index (χ2n) is 3.67. The van der Waals surface area contributed by atoms with Gasteiger partial charge in [-0.25, -0.2) is 4.79 Å². The van der Waals surface area contributed by atoms with E-state index in [4.69, 9.17) is 4.74 Å². The van der Waals surface area contributed by atoms with E-state index in [1.165, 1.54) is 0 Å². The molecule has 0 atom stereocenters. The van der Waals surface area contributed by atoms with Gasteiger partial charge in [-0.15, -0.1) is 0 Å². The minimum atomic E-state index is -1.13. The van der Waals surface area contributed by atoms with E-state index in [9.17, 15) is 19.2 Å². The van der Waals surface area contributed by atoms with Gasteiger partial charge in [-0.3, -0.25) is 14.4 Å². The number of ether oxygens (including phenoxy) is 1. The summed E-state index contributed by atoms with van der Waals surface area (Å²) in [7, 11) is 0. The number of amides is 3. The maximum atomic E-state index is 11.5. The zero-order chi connectivity index (χ0) is 13.1. The highest BCUT2D eigenvalue weighted by atomic mass is 16.6. The normalized spacial score (nSPS) is 15.1. The molecule has 1 heterocycles. The quantitative estimate of drug-likeness (QED) is 0.435. The number of nitrogens with zero attached hydrogens (tertiary/aromatic N) is 1. The third kappa shape index (κ3) is 2.27. The first-order valence-electron chi connectivity index (χ1n) is 5.20. The van der Waals surface area contributed by atoms with Crippen LogP contribution in [0.4, 0.5) is 4.79 Å². The predicted molar refractivity (Wildman–Crippen MR) is 58.1 cm³/mol. The molecule has 1 aromatic rings. The highest BCUT2D eigenvalue weighted by Crippen LogP contribution is 2.11. The lowest BCUT2D eigenvalue weighted by Crippen LogP contribution is -2.37. The molecule has 0 saturated carbocycles. The minimum Gasteiger partial charge on any atom is -0.444 e. The van der Waals surface area contributed by atoms with E-state index in [0.29, 0.717) is 0 Å². The lowest BCUT2D eigenvalue weighted by atomic mass is 10.2. The van der Waals surface area contributed by atoms with Crippen LogP contribution in [0.1, 0.15) is 12.0 Å². The van der Waals surface area contributed by atoms with Gasteiger partial charge in [-0.05, 0) is 5.56 Å². The van der Waals surface area contributed by atoms with Crippen LogP contribution in [0.15, 0.2) is 30.3 Å². The molecule has 0 aliphatic carbocycles. The predicted octanol–water partition coefficient (Wildman–Crippen LogP) is 0.651. The van der Waals surface area contributed by atoms with Crippen LogP contribution in [0.3, 0.4) is 0 Å². The van der Waals surface area contributed by atoms with Gasteiger partial charge in [0.15, 0.2) is 0 Å². The Bertz CT molecular complexity index is 523. The maximum Gasteiger partial charge on any atom is 0.424 e. The van der Waals surface area contributed by atoms with Crippen molar-refractivity contribution in [3.8, 4) is 0 Å². The third-order valence-electron chi connectivity index (χ3n) is 2.39. The fraction of sp³-hybridized carbons (Fsp3) is 0.167. The SMILES string of the molecule is O=C1CC(=O)N(C(=O)OCc2ccccc2)C1=O. The van der Waals surface area contributed by atoms with Crippen LogP contribution in [-0.4, -0.2) is 28.6 Å². The second kappa shape index (κ2) is 4.79. The first kappa shape index (κ1) is 12.0. The molecule has 0 aromatic heterocycles. The number of hydrogen-bond donors (Lipinski definition) is 0. The van der Waals surface area contributed by atoms with Crippen LogP contribution in [0.25, 0.3) is 0 Å². The summed E-state index contributed by atoms with van der Waals surface area (Å²) in [5.41, 5.74) is 0.719. The summed E-state index contributed by atoms with van der Waals surface area (Å²) in [6.07, 6.45) is -1.68. The number of imide groups is 3. The molecule has 0 unspecified atom stereocenters. The molecule has 92 valence electrons. The number of carbonyl (C=O) groups is 4. The Kier molecular flexibility index (Phi) is 3.18. The standard InChI is InChI=1S/C12H9NO5/c14-9-6-10(15)13(11(9)16)12(17)18-7-8-4-2-1-3-5-8/h1-5H,6-7H2. The summed E-state index contributed by atoms with van der Waals surface area (Å²) in [4.78, 5) is 45.1. The van der Waals surface area contributed by atoms with Crippen LogP contribution in [0, 0.1) is 0 Å². The summed E-state index contributed by atoms with van der Waals surface area (Å²) in [6.45, 7) is -0.0646. The molecule has 1 aliphatic rings. The largest absolute Gasteiger partial charge is 0.444 e. The number of hydrogen-bond acceptors (Lipinski definition) is 5. The molecule has 0 radical (unpaired) electrons. The van der Waals surface area contributed by atoms with Gasteiger partial charge in [0.25, 0.3) is 0 Å². The van der Waals surface area contributed by atoms with E-state index < -0.39 is 30.1 Å².